The van der Waals surface area contributed by atoms with E-state index in [1.807, 2.05) is 0 Å². The van der Waals surface area contributed by atoms with Gasteiger partial charge in [-0.15, -0.1) is 0 Å². The topological polar surface area (TPSA) is 41.1 Å². The predicted molar refractivity (Wildman–Crippen MR) is 51.7 cm³/mol. The van der Waals surface area contributed by atoms with Crippen LogP contribution in [0.5, 0.6) is 0 Å². The summed E-state index contributed by atoms with van der Waals surface area (Å²) < 4.78 is 0. The van der Waals surface area contributed by atoms with Crippen molar-refractivity contribution in [1.82, 2.24) is 15.3 Å². The number of likely N-dealkylation sites (N-methyl/N-ethyl adjacent to an activating group) is 1. The number of hydrogen-bond donors (Lipinski definition) is 1. The van der Waals surface area contributed by atoms with Crippen LogP contribution in [0.15, 0.2) is 18.6 Å². The number of aromatic nitrogens is 2. The Bertz CT molecular complexity index is 256. The van der Waals surface area contributed by atoms with Crippen molar-refractivity contribution < 1.29 is 0 Å². The molecule has 13 heavy (non-hydrogen) atoms. The van der Waals surface area contributed by atoms with E-state index in [-0.39, 0.29) is 0 Å². The average Bonchev–Trinajstić information content (AvgIpc) is 2.71. The minimum absolute atomic E-state index is 0.566. The summed E-state index contributed by atoms with van der Waals surface area (Å²) in [7, 11) is 2.07. The van der Waals surface area contributed by atoms with E-state index in [2.05, 4.69) is 27.2 Å². The Morgan fingerprint density at radius 2 is 2.46 bits per heavy atom. The summed E-state index contributed by atoms with van der Waals surface area (Å²) in [5, 5.41) is 3.33. The van der Waals surface area contributed by atoms with Crippen LogP contribution in [0.2, 0.25) is 0 Å². The molecule has 0 aliphatic carbocycles. The largest absolute Gasteiger partial charge is 0.354 e. The van der Waals surface area contributed by atoms with Crippen LogP contribution in [-0.4, -0.2) is 36.1 Å². The standard InChI is InChI=1S/C9H14N4/c1-13(8-2-3-10-6-8)9-7-11-4-5-12-9/h4-5,7-8,10H,2-3,6H2,1H3/t8-/m1/s1. The lowest BCUT2D eigenvalue weighted by molar-refractivity contribution is 0.676. The smallest absolute Gasteiger partial charge is 0.147 e. The van der Waals surface area contributed by atoms with Crippen LogP contribution in [-0.2, 0) is 0 Å². The average molecular weight is 178 g/mol. The van der Waals surface area contributed by atoms with E-state index < -0.39 is 0 Å². The first kappa shape index (κ1) is 8.44. The van der Waals surface area contributed by atoms with Gasteiger partial charge in [-0.1, -0.05) is 0 Å². The number of anilines is 1. The maximum absolute atomic E-state index is 4.26. The lowest BCUT2D eigenvalue weighted by Gasteiger charge is -2.23. The molecule has 1 aromatic heterocycles. The van der Waals surface area contributed by atoms with E-state index in [1.54, 1.807) is 18.6 Å². The van der Waals surface area contributed by atoms with Gasteiger partial charge in [-0.05, 0) is 13.0 Å². The molecule has 4 heteroatoms. The molecule has 0 aromatic carbocycles. The highest BCUT2D eigenvalue weighted by Gasteiger charge is 2.19. The molecule has 2 heterocycles. The van der Waals surface area contributed by atoms with Crippen LogP contribution in [0.1, 0.15) is 6.42 Å². The molecule has 0 spiro atoms. The van der Waals surface area contributed by atoms with Crippen molar-refractivity contribution in [2.75, 3.05) is 25.0 Å². The number of nitrogens with one attached hydrogen (secondary N) is 1. The minimum atomic E-state index is 0.566. The summed E-state index contributed by atoms with van der Waals surface area (Å²) >= 11 is 0. The van der Waals surface area contributed by atoms with Crippen LogP contribution in [0.25, 0.3) is 0 Å². The fourth-order valence-corrected chi connectivity index (χ4v) is 1.63. The van der Waals surface area contributed by atoms with E-state index in [0.717, 1.165) is 18.9 Å². The maximum Gasteiger partial charge on any atom is 0.147 e. The third-order valence-electron chi connectivity index (χ3n) is 2.49. The van der Waals surface area contributed by atoms with Crippen molar-refractivity contribution in [1.29, 1.82) is 0 Å². The van der Waals surface area contributed by atoms with Gasteiger partial charge in [-0.25, -0.2) is 4.98 Å². The molecule has 0 saturated carbocycles. The zero-order valence-corrected chi connectivity index (χ0v) is 7.77. The monoisotopic (exact) mass is 178 g/mol. The van der Waals surface area contributed by atoms with Crippen LogP contribution in [0.4, 0.5) is 5.82 Å². The van der Waals surface area contributed by atoms with Gasteiger partial charge < -0.3 is 10.2 Å². The number of hydrogen-bond acceptors (Lipinski definition) is 4. The van der Waals surface area contributed by atoms with Crippen LogP contribution in [0.3, 0.4) is 0 Å². The second-order valence-electron chi connectivity index (χ2n) is 3.32. The highest BCUT2D eigenvalue weighted by Crippen LogP contribution is 2.13. The van der Waals surface area contributed by atoms with Gasteiger partial charge in [0.2, 0.25) is 0 Å². The van der Waals surface area contributed by atoms with Crippen LogP contribution < -0.4 is 10.2 Å². The van der Waals surface area contributed by atoms with E-state index in [0.29, 0.717) is 6.04 Å². The van der Waals surface area contributed by atoms with Crippen LogP contribution >= 0.6 is 0 Å². The Kier molecular flexibility index (Phi) is 2.40. The van der Waals surface area contributed by atoms with Gasteiger partial charge in [-0.2, -0.15) is 0 Å². The van der Waals surface area contributed by atoms with Gasteiger partial charge in [0.25, 0.3) is 0 Å². The van der Waals surface area contributed by atoms with Crippen molar-refractivity contribution in [3.63, 3.8) is 0 Å². The molecule has 0 unspecified atom stereocenters. The Balaban J connectivity index is 2.08. The van der Waals surface area contributed by atoms with E-state index in [1.165, 1.54) is 6.42 Å². The van der Waals surface area contributed by atoms with Crippen molar-refractivity contribution in [3.05, 3.63) is 18.6 Å². The second kappa shape index (κ2) is 3.70. The third kappa shape index (κ3) is 1.78. The Hall–Kier alpha value is -1.16. The van der Waals surface area contributed by atoms with Gasteiger partial charge in [-0.3, -0.25) is 4.98 Å². The lowest BCUT2D eigenvalue weighted by atomic mass is 10.2. The van der Waals surface area contributed by atoms with Gasteiger partial charge in [0.1, 0.15) is 5.82 Å². The summed E-state index contributed by atoms with van der Waals surface area (Å²) in [6.45, 7) is 2.16. The molecule has 0 amide bonds. The molecule has 4 nitrogen and oxygen atoms in total. The molecule has 2 rings (SSSR count). The van der Waals surface area contributed by atoms with Crippen molar-refractivity contribution in [2.24, 2.45) is 0 Å². The number of nitrogens with zero attached hydrogens (tertiary/aromatic N) is 3. The summed E-state index contributed by atoms with van der Waals surface area (Å²) in [5.41, 5.74) is 0. The molecular weight excluding hydrogens is 164 g/mol. The summed E-state index contributed by atoms with van der Waals surface area (Å²) in [4.78, 5) is 10.5. The van der Waals surface area contributed by atoms with Gasteiger partial charge >= 0.3 is 0 Å². The fourth-order valence-electron chi connectivity index (χ4n) is 1.63. The summed E-state index contributed by atoms with van der Waals surface area (Å²) in [6.07, 6.45) is 6.42. The SMILES string of the molecule is CN(c1cnccn1)[C@@H]1CCNC1. The molecule has 1 N–H and O–H groups in total. The molecule has 1 saturated heterocycles. The Morgan fingerprint density at radius 3 is 3.08 bits per heavy atom. The fraction of sp³-hybridized carbons (Fsp3) is 0.556. The van der Waals surface area contributed by atoms with Crippen molar-refractivity contribution in [2.45, 2.75) is 12.5 Å². The van der Waals surface area contributed by atoms with Gasteiger partial charge in [0.15, 0.2) is 0 Å². The zero-order valence-electron chi connectivity index (χ0n) is 7.77. The van der Waals surface area contributed by atoms with E-state index in [9.17, 15) is 0 Å². The predicted octanol–water partition coefficient (Wildman–Crippen LogP) is 0.275. The molecule has 1 aliphatic heterocycles. The molecule has 1 fully saturated rings. The summed E-state index contributed by atoms with van der Waals surface area (Å²) in [6, 6.07) is 0.566. The molecular formula is C9H14N4. The van der Waals surface area contributed by atoms with E-state index >= 15 is 0 Å². The molecule has 1 aromatic rings. The molecule has 1 aliphatic rings. The van der Waals surface area contributed by atoms with E-state index in [4.69, 9.17) is 0 Å². The zero-order chi connectivity index (χ0) is 9.10. The van der Waals surface area contributed by atoms with Gasteiger partial charge in [0, 0.05) is 32.0 Å². The normalized spacial score (nSPS) is 21.8. The Labute approximate surface area is 78.0 Å². The quantitative estimate of drug-likeness (QED) is 0.706. The first-order valence-corrected chi connectivity index (χ1v) is 4.57. The third-order valence-corrected chi connectivity index (χ3v) is 2.49. The molecule has 0 radical (unpaired) electrons. The Morgan fingerprint density at radius 1 is 1.54 bits per heavy atom. The van der Waals surface area contributed by atoms with Crippen molar-refractivity contribution in [3.8, 4) is 0 Å². The maximum atomic E-state index is 4.26. The highest BCUT2D eigenvalue weighted by atomic mass is 15.2. The minimum Gasteiger partial charge on any atom is -0.354 e. The lowest BCUT2D eigenvalue weighted by Crippen LogP contribution is -2.33. The molecule has 1 atom stereocenters. The molecule has 70 valence electrons. The number of rotatable bonds is 2. The van der Waals surface area contributed by atoms with Gasteiger partial charge in [0.05, 0.1) is 6.20 Å². The van der Waals surface area contributed by atoms with Crippen LogP contribution in [0, 0.1) is 0 Å². The summed E-state index contributed by atoms with van der Waals surface area (Å²) in [5.74, 6) is 0.955. The second-order valence-corrected chi connectivity index (χ2v) is 3.32. The molecule has 0 bridgehead atoms. The first-order chi connectivity index (χ1) is 6.38. The highest BCUT2D eigenvalue weighted by molar-refractivity contribution is 5.35. The first-order valence-electron chi connectivity index (χ1n) is 4.57. The van der Waals surface area contributed by atoms with Crippen molar-refractivity contribution >= 4 is 5.82 Å².